The Kier molecular flexibility index (Phi) is 6.29. The monoisotopic (exact) mass is 291 g/mol. The van der Waals surface area contributed by atoms with Crippen LogP contribution in [-0.2, 0) is 14.8 Å². The maximum atomic E-state index is 13.3. The van der Waals surface area contributed by atoms with Gasteiger partial charge in [0.05, 0.1) is 13.2 Å². The van der Waals surface area contributed by atoms with E-state index in [1.807, 2.05) is 19.0 Å². The first kappa shape index (κ1) is 16.0. The lowest BCUT2D eigenvalue weighted by molar-refractivity contribution is 0.122. The molecule has 0 radical (unpaired) electrons. The summed E-state index contributed by atoms with van der Waals surface area (Å²) in [6.45, 7) is 1.56. The fraction of sp³-hybridized carbons (Fsp3) is 0.545. The lowest BCUT2D eigenvalue weighted by Crippen LogP contribution is -2.29. The van der Waals surface area contributed by atoms with Crippen molar-refractivity contribution in [3.05, 3.63) is 24.1 Å². The molecule has 0 aliphatic rings. The molecule has 0 aliphatic carbocycles. The minimum atomic E-state index is -3.92. The fourth-order valence-electron chi connectivity index (χ4n) is 1.23. The van der Waals surface area contributed by atoms with E-state index in [-0.39, 0.29) is 13.2 Å². The number of halogens is 1. The molecule has 1 N–H and O–H groups in total. The second-order valence-electron chi connectivity index (χ2n) is 4.10. The Morgan fingerprint density at radius 2 is 2.16 bits per heavy atom. The minimum Gasteiger partial charge on any atom is -0.379 e. The van der Waals surface area contributed by atoms with Crippen LogP contribution in [-0.4, -0.2) is 58.7 Å². The number of nitrogens with zero attached hydrogens (tertiary/aromatic N) is 2. The summed E-state index contributed by atoms with van der Waals surface area (Å²) >= 11 is 0. The number of sulfonamides is 1. The summed E-state index contributed by atoms with van der Waals surface area (Å²) in [7, 11) is -0.0958. The molecule has 1 heterocycles. The highest BCUT2D eigenvalue weighted by Crippen LogP contribution is 2.08. The van der Waals surface area contributed by atoms with E-state index in [2.05, 4.69) is 9.71 Å². The number of pyridine rings is 1. The van der Waals surface area contributed by atoms with Gasteiger partial charge in [-0.15, -0.1) is 0 Å². The van der Waals surface area contributed by atoms with Crippen molar-refractivity contribution in [2.45, 2.75) is 5.03 Å². The van der Waals surface area contributed by atoms with Crippen molar-refractivity contribution in [3.8, 4) is 0 Å². The first-order chi connectivity index (χ1) is 8.93. The van der Waals surface area contributed by atoms with E-state index in [4.69, 9.17) is 4.74 Å². The Balaban J connectivity index is 2.38. The van der Waals surface area contributed by atoms with Gasteiger partial charge in [-0.3, -0.25) is 0 Å². The molecule has 19 heavy (non-hydrogen) atoms. The van der Waals surface area contributed by atoms with Crippen molar-refractivity contribution in [1.82, 2.24) is 14.6 Å². The molecule has 0 amide bonds. The predicted octanol–water partition coefficient (Wildman–Crippen LogP) is 0.0772. The standard InChI is InChI=1S/C11H18FN3O3S/c1-15(2)7-9-18-8-6-14-19(16,17)11-10(12)4-3-5-13-11/h3-5,14H,6-9H2,1-2H3. The highest BCUT2D eigenvalue weighted by Gasteiger charge is 2.19. The molecule has 0 fully saturated rings. The van der Waals surface area contributed by atoms with Crippen molar-refractivity contribution < 1.29 is 17.5 Å². The van der Waals surface area contributed by atoms with E-state index < -0.39 is 20.9 Å². The van der Waals surface area contributed by atoms with Crippen LogP contribution in [0, 0.1) is 5.82 Å². The lowest BCUT2D eigenvalue weighted by Gasteiger charge is -2.10. The zero-order chi connectivity index (χ0) is 14.3. The number of hydrogen-bond donors (Lipinski definition) is 1. The molecule has 8 heteroatoms. The molecular formula is C11H18FN3O3S. The molecule has 108 valence electrons. The topological polar surface area (TPSA) is 71.5 Å². The Labute approximate surface area is 112 Å². The van der Waals surface area contributed by atoms with Gasteiger partial charge in [0.25, 0.3) is 10.0 Å². The Hall–Kier alpha value is -1.09. The van der Waals surface area contributed by atoms with Crippen LogP contribution in [0.15, 0.2) is 23.4 Å². The Morgan fingerprint density at radius 1 is 1.42 bits per heavy atom. The summed E-state index contributed by atoms with van der Waals surface area (Å²) in [4.78, 5) is 5.47. The van der Waals surface area contributed by atoms with E-state index in [1.165, 1.54) is 12.3 Å². The van der Waals surface area contributed by atoms with Crippen LogP contribution in [0.5, 0.6) is 0 Å². The van der Waals surface area contributed by atoms with Gasteiger partial charge in [0.1, 0.15) is 0 Å². The lowest BCUT2D eigenvalue weighted by atomic mass is 10.5. The van der Waals surface area contributed by atoms with Crippen LogP contribution in [0.2, 0.25) is 0 Å². The normalized spacial score (nSPS) is 12.0. The summed E-state index contributed by atoms with van der Waals surface area (Å²) in [5.74, 6) is -0.872. The summed E-state index contributed by atoms with van der Waals surface area (Å²) in [6, 6.07) is 2.38. The van der Waals surface area contributed by atoms with Gasteiger partial charge in [-0.2, -0.15) is 0 Å². The maximum Gasteiger partial charge on any atom is 0.261 e. The first-order valence-corrected chi connectivity index (χ1v) is 7.24. The van der Waals surface area contributed by atoms with E-state index in [9.17, 15) is 12.8 Å². The highest BCUT2D eigenvalue weighted by atomic mass is 32.2. The average Bonchev–Trinajstić information content (AvgIpc) is 2.33. The summed E-state index contributed by atoms with van der Waals surface area (Å²) in [6.07, 6.45) is 1.23. The number of likely N-dealkylation sites (N-methyl/N-ethyl adjacent to an activating group) is 1. The molecule has 0 atom stereocenters. The largest absolute Gasteiger partial charge is 0.379 e. The smallest absolute Gasteiger partial charge is 0.261 e. The molecule has 1 aromatic heterocycles. The van der Waals surface area contributed by atoms with Crippen molar-refractivity contribution in [3.63, 3.8) is 0 Å². The summed E-state index contributed by atoms with van der Waals surface area (Å²) < 4.78 is 44.2. The quantitative estimate of drug-likeness (QED) is 0.687. The zero-order valence-electron chi connectivity index (χ0n) is 11.0. The molecule has 0 spiro atoms. The number of hydrogen-bond acceptors (Lipinski definition) is 5. The van der Waals surface area contributed by atoms with E-state index in [1.54, 1.807) is 0 Å². The third-order valence-electron chi connectivity index (χ3n) is 2.20. The second-order valence-corrected chi connectivity index (χ2v) is 5.79. The Morgan fingerprint density at radius 3 is 2.79 bits per heavy atom. The molecular weight excluding hydrogens is 273 g/mol. The molecule has 0 unspecified atom stereocenters. The van der Waals surface area contributed by atoms with Crippen LogP contribution in [0.4, 0.5) is 4.39 Å². The Bertz CT molecular complexity index is 494. The second kappa shape index (κ2) is 7.49. The van der Waals surface area contributed by atoms with Gasteiger partial charge >= 0.3 is 0 Å². The number of aromatic nitrogens is 1. The van der Waals surface area contributed by atoms with E-state index in [0.29, 0.717) is 6.61 Å². The molecule has 0 bridgehead atoms. The summed E-state index contributed by atoms with van der Waals surface area (Å²) in [5.41, 5.74) is 0. The number of nitrogens with one attached hydrogen (secondary N) is 1. The summed E-state index contributed by atoms with van der Waals surface area (Å²) in [5, 5.41) is -0.594. The van der Waals surface area contributed by atoms with Crippen LogP contribution in [0.3, 0.4) is 0 Å². The van der Waals surface area contributed by atoms with Crippen molar-refractivity contribution in [1.29, 1.82) is 0 Å². The van der Waals surface area contributed by atoms with Gasteiger partial charge in [0.15, 0.2) is 5.82 Å². The molecule has 0 saturated heterocycles. The predicted molar refractivity (Wildman–Crippen MR) is 68.8 cm³/mol. The maximum absolute atomic E-state index is 13.3. The molecule has 0 aromatic carbocycles. The van der Waals surface area contributed by atoms with Crippen molar-refractivity contribution in [2.75, 3.05) is 40.4 Å². The van der Waals surface area contributed by atoms with Gasteiger partial charge in [0, 0.05) is 19.3 Å². The molecule has 1 aromatic rings. The third-order valence-corrected chi connectivity index (χ3v) is 3.59. The van der Waals surface area contributed by atoms with Crippen molar-refractivity contribution in [2.24, 2.45) is 0 Å². The van der Waals surface area contributed by atoms with Gasteiger partial charge < -0.3 is 9.64 Å². The fourth-order valence-corrected chi connectivity index (χ4v) is 2.25. The number of rotatable bonds is 8. The van der Waals surface area contributed by atoms with Gasteiger partial charge in [0.2, 0.25) is 5.03 Å². The highest BCUT2D eigenvalue weighted by molar-refractivity contribution is 7.89. The van der Waals surface area contributed by atoms with Gasteiger partial charge in [-0.05, 0) is 26.2 Å². The van der Waals surface area contributed by atoms with Crippen molar-refractivity contribution >= 4 is 10.0 Å². The molecule has 0 saturated carbocycles. The zero-order valence-corrected chi connectivity index (χ0v) is 11.8. The minimum absolute atomic E-state index is 0.0752. The molecule has 1 rings (SSSR count). The third kappa shape index (κ3) is 5.60. The van der Waals surface area contributed by atoms with Crippen LogP contribution in [0.25, 0.3) is 0 Å². The van der Waals surface area contributed by atoms with Gasteiger partial charge in [-0.1, -0.05) is 0 Å². The molecule has 6 nitrogen and oxygen atoms in total. The first-order valence-electron chi connectivity index (χ1n) is 5.76. The molecule has 0 aliphatic heterocycles. The van der Waals surface area contributed by atoms with Crippen LogP contribution < -0.4 is 4.72 Å². The number of ether oxygens (including phenoxy) is 1. The van der Waals surface area contributed by atoms with E-state index >= 15 is 0 Å². The SMILES string of the molecule is CN(C)CCOCCNS(=O)(=O)c1ncccc1F. The van der Waals surface area contributed by atoms with E-state index in [0.717, 1.165) is 12.6 Å². The van der Waals surface area contributed by atoms with Crippen LogP contribution >= 0.6 is 0 Å². The average molecular weight is 291 g/mol. The van der Waals surface area contributed by atoms with Gasteiger partial charge in [-0.25, -0.2) is 22.5 Å². The van der Waals surface area contributed by atoms with Crippen LogP contribution in [0.1, 0.15) is 0 Å².